The normalized spacial score (nSPS) is 13.5. The fourth-order valence-corrected chi connectivity index (χ4v) is 2.65. The molecule has 5 nitrogen and oxygen atoms in total. The molecule has 0 bridgehead atoms. The van der Waals surface area contributed by atoms with Gasteiger partial charge in [-0.05, 0) is 37.3 Å². The predicted octanol–water partition coefficient (Wildman–Crippen LogP) is 3.42. The van der Waals surface area contributed by atoms with Gasteiger partial charge >= 0.3 is 12.1 Å². The fourth-order valence-electron chi connectivity index (χ4n) is 2.65. The minimum absolute atomic E-state index is 0.0623. The zero-order valence-electron chi connectivity index (χ0n) is 15.0. The van der Waals surface area contributed by atoms with Crippen LogP contribution in [0.1, 0.15) is 22.8 Å². The quantitative estimate of drug-likeness (QED) is 0.618. The molecule has 0 aromatic heterocycles. The van der Waals surface area contributed by atoms with Crippen LogP contribution in [0.15, 0.2) is 48.5 Å². The van der Waals surface area contributed by atoms with Gasteiger partial charge in [-0.15, -0.1) is 0 Å². The highest BCUT2D eigenvalue weighted by molar-refractivity contribution is 6.06. The molecule has 28 heavy (non-hydrogen) atoms. The van der Waals surface area contributed by atoms with E-state index in [4.69, 9.17) is 0 Å². The van der Waals surface area contributed by atoms with E-state index in [2.05, 4.69) is 4.74 Å². The summed E-state index contributed by atoms with van der Waals surface area (Å²) in [4.78, 5) is 25.4. The first-order valence-electron chi connectivity index (χ1n) is 8.11. The number of amides is 1. The molecule has 0 aliphatic carbocycles. The number of aliphatic hydroxyl groups is 1. The number of hydrogen-bond acceptors (Lipinski definition) is 4. The summed E-state index contributed by atoms with van der Waals surface area (Å²) in [6.07, 6.45) is -5.32. The number of carbonyl (C=O) groups excluding carboxylic acids is 2. The van der Waals surface area contributed by atoms with Crippen LogP contribution < -0.4 is 4.90 Å². The third kappa shape index (κ3) is 3.84. The zero-order valence-corrected chi connectivity index (χ0v) is 15.0. The Balaban J connectivity index is 2.41. The molecular formula is C19H17F4NO4. The number of benzene rings is 2. The summed E-state index contributed by atoms with van der Waals surface area (Å²) in [6, 6.07) is 9.03. The maximum Gasteiger partial charge on any atom is 0.432 e. The molecule has 0 aliphatic rings. The molecule has 0 radical (unpaired) electrons. The SMILES string of the molecule is CCN(C(=O)c1cccc(F)c1)c1ccc([C@@](O)(C(=O)OC)C(F)(F)F)cc1. The van der Waals surface area contributed by atoms with Crippen molar-refractivity contribution in [3.8, 4) is 0 Å². The molecule has 150 valence electrons. The van der Waals surface area contributed by atoms with Gasteiger partial charge in [0.15, 0.2) is 0 Å². The van der Waals surface area contributed by atoms with Crippen molar-refractivity contribution in [3.63, 3.8) is 0 Å². The second-order valence-electron chi connectivity index (χ2n) is 5.81. The predicted molar refractivity (Wildman–Crippen MR) is 92.2 cm³/mol. The number of carbonyl (C=O) groups is 2. The number of anilines is 1. The first-order valence-corrected chi connectivity index (χ1v) is 8.11. The minimum Gasteiger partial charge on any atom is -0.466 e. The Kier molecular flexibility index (Phi) is 6.08. The van der Waals surface area contributed by atoms with Gasteiger partial charge < -0.3 is 14.7 Å². The number of halogens is 4. The topological polar surface area (TPSA) is 66.8 Å². The van der Waals surface area contributed by atoms with Crippen molar-refractivity contribution >= 4 is 17.6 Å². The van der Waals surface area contributed by atoms with Crippen molar-refractivity contribution < 1.29 is 37.0 Å². The lowest BCUT2D eigenvalue weighted by atomic mass is 9.93. The van der Waals surface area contributed by atoms with E-state index in [9.17, 15) is 32.3 Å². The summed E-state index contributed by atoms with van der Waals surface area (Å²) >= 11 is 0. The smallest absolute Gasteiger partial charge is 0.432 e. The van der Waals surface area contributed by atoms with Crippen LogP contribution in [0.2, 0.25) is 0 Å². The van der Waals surface area contributed by atoms with Gasteiger partial charge in [0.25, 0.3) is 11.5 Å². The first kappa shape index (κ1) is 21.4. The molecule has 0 heterocycles. The van der Waals surface area contributed by atoms with Crippen molar-refractivity contribution in [2.45, 2.75) is 18.7 Å². The lowest BCUT2D eigenvalue weighted by molar-refractivity contribution is -0.266. The third-order valence-corrected chi connectivity index (χ3v) is 4.12. The molecule has 0 spiro atoms. The summed E-state index contributed by atoms with van der Waals surface area (Å²) in [5.74, 6) is -3.05. The number of nitrogens with zero attached hydrogens (tertiary/aromatic N) is 1. The van der Waals surface area contributed by atoms with E-state index in [1.165, 1.54) is 23.1 Å². The van der Waals surface area contributed by atoms with Crippen molar-refractivity contribution in [3.05, 3.63) is 65.5 Å². The molecule has 2 aromatic carbocycles. The first-order chi connectivity index (χ1) is 13.1. The van der Waals surface area contributed by atoms with Crippen LogP contribution in [-0.2, 0) is 15.1 Å². The molecule has 1 amide bonds. The molecule has 0 aliphatic heterocycles. The Hall–Kier alpha value is -2.94. The Labute approximate surface area is 158 Å². The lowest BCUT2D eigenvalue weighted by Gasteiger charge is -2.28. The maximum absolute atomic E-state index is 13.4. The number of ether oxygens (including phenoxy) is 1. The molecule has 9 heteroatoms. The van der Waals surface area contributed by atoms with E-state index in [1.54, 1.807) is 6.92 Å². The third-order valence-electron chi connectivity index (χ3n) is 4.12. The Morgan fingerprint density at radius 1 is 1.11 bits per heavy atom. The van der Waals surface area contributed by atoms with Gasteiger partial charge in [0.2, 0.25) is 0 Å². The summed E-state index contributed by atoms with van der Waals surface area (Å²) in [6.45, 7) is 1.78. The van der Waals surface area contributed by atoms with Crippen LogP contribution in [-0.4, -0.2) is 36.8 Å². The van der Waals surface area contributed by atoms with Crippen LogP contribution >= 0.6 is 0 Å². The van der Waals surface area contributed by atoms with Gasteiger partial charge in [0.1, 0.15) is 5.82 Å². The highest BCUT2D eigenvalue weighted by Gasteiger charge is 2.62. The number of hydrogen-bond donors (Lipinski definition) is 1. The molecule has 0 unspecified atom stereocenters. The minimum atomic E-state index is -5.32. The van der Waals surface area contributed by atoms with Crippen LogP contribution in [0, 0.1) is 5.82 Å². The van der Waals surface area contributed by atoms with Gasteiger partial charge in [0, 0.05) is 23.4 Å². The van der Waals surface area contributed by atoms with E-state index in [0.29, 0.717) is 0 Å². The van der Waals surface area contributed by atoms with Crippen LogP contribution in [0.3, 0.4) is 0 Å². The Bertz CT molecular complexity index is 867. The molecule has 0 saturated carbocycles. The van der Waals surface area contributed by atoms with Crippen molar-refractivity contribution in [2.75, 3.05) is 18.6 Å². The van der Waals surface area contributed by atoms with Gasteiger partial charge in [-0.2, -0.15) is 13.2 Å². The van der Waals surface area contributed by atoms with Crippen LogP contribution in [0.5, 0.6) is 0 Å². The van der Waals surface area contributed by atoms with Gasteiger partial charge in [-0.1, -0.05) is 18.2 Å². The van der Waals surface area contributed by atoms with E-state index in [-0.39, 0.29) is 17.8 Å². The number of alkyl halides is 3. The number of esters is 1. The average Bonchev–Trinajstić information content (AvgIpc) is 2.66. The molecule has 0 saturated heterocycles. The molecule has 1 atom stereocenters. The standard InChI is InChI=1S/C19H17F4NO4/c1-3-24(16(25)12-5-4-6-14(20)11-12)15-9-7-13(8-10-15)18(27,17(26)28-2)19(21,22)23/h4-11,27H,3H2,1-2H3/t18-/m1/s1. The molecule has 2 rings (SSSR count). The van der Waals surface area contributed by atoms with E-state index in [1.807, 2.05) is 0 Å². The summed E-state index contributed by atoms with van der Waals surface area (Å²) in [5, 5.41) is 9.97. The van der Waals surface area contributed by atoms with Gasteiger partial charge in [0.05, 0.1) is 7.11 Å². The average molecular weight is 399 g/mol. The van der Waals surface area contributed by atoms with Gasteiger partial charge in [-0.25, -0.2) is 9.18 Å². The zero-order chi connectivity index (χ0) is 21.1. The Morgan fingerprint density at radius 3 is 2.18 bits per heavy atom. The van der Waals surface area contributed by atoms with Crippen molar-refractivity contribution in [2.24, 2.45) is 0 Å². The summed E-state index contributed by atoms with van der Waals surface area (Å²) < 4.78 is 57.3. The van der Waals surface area contributed by atoms with Crippen molar-refractivity contribution in [1.29, 1.82) is 0 Å². The van der Waals surface area contributed by atoms with E-state index in [0.717, 1.165) is 37.4 Å². The second kappa shape index (κ2) is 7.97. The van der Waals surface area contributed by atoms with E-state index < -0.39 is 35.0 Å². The number of rotatable bonds is 5. The maximum atomic E-state index is 13.4. The molecule has 0 fully saturated rings. The van der Waals surface area contributed by atoms with Crippen molar-refractivity contribution in [1.82, 2.24) is 0 Å². The fraction of sp³-hybridized carbons (Fsp3) is 0.263. The lowest BCUT2D eigenvalue weighted by Crippen LogP contribution is -2.49. The summed E-state index contributed by atoms with van der Waals surface area (Å²) in [5.41, 5.74) is -4.34. The van der Waals surface area contributed by atoms with Crippen LogP contribution in [0.4, 0.5) is 23.2 Å². The monoisotopic (exact) mass is 399 g/mol. The molecular weight excluding hydrogens is 382 g/mol. The molecule has 1 N–H and O–H groups in total. The number of methoxy groups -OCH3 is 1. The molecule has 2 aromatic rings. The Morgan fingerprint density at radius 2 is 1.71 bits per heavy atom. The van der Waals surface area contributed by atoms with Crippen LogP contribution in [0.25, 0.3) is 0 Å². The largest absolute Gasteiger partial charge is 0.466 e. The highest BCUT2D eigenvalue weighted by Crippen LogP contribution is 2.40. The highest BCUT2D eigenvalue weighted by atomic mass is 19.4. The van der Waals surface area contributed by atoms with Gasteiger partial charge in [-0.3, -0.25) is 4.79 Å². The van der Waals surface area contributed by atoms with E-state index >= 15 is 0 Å². The second-order valence-corrected chi connectivity index (χ2v) is 5.81. The summed E-state index contributed by atoms with van der Waals surface area (Å²) in [7, 11) is 0.726.